The number of ether oxygens (including phenoxy) is 1. The Morgan fingerprint density at radius 1 is 0.500 bits per heavy atom. The molecule has 5 aromatic rings. The molecule has 2 aliphatic heterocycles. The Morgan fingerprint density at radius 3 is 1.79 bits per heavy atom. The Kier molecular flexibility index (Phi) is 4.25. The highest BCUT2D eigenvalue weighted by atomic mass is 16.5. The maximum atomic E-state index is 6.27. The summed E-state index contributed by atoms with van der Waals surface area (Å²) < 4.78 is 6.27. The first kappa shape index (κ1) is 19.1. The molecular weight excluding hydrogens is 414 g/mol. The third-order valence-electron chi connectivity index (χ3n) is 6.74. The molecule has 0 fully saturated rings. The number of rotatable bonds is 3. The van der Waals surface area contributed by atoms with Gasteiger partial charge in [0, 0.05) is 11.1 Å². The predicted octanol–water partition coefficient (Wildman–Crippen LogP) is 8.39. The minimum atomic E-state index is 0.0609. The highest BCUT2D eigenvalue weighted by molar-refractivity contribution is 6.14. The van der Waals surface area contributed by atoms with Crippen molar-refractivity contribution in [1.29, 1.82) is 0 Å². The van der Waals surface area contributed by atoms with Gasteiger partial charge < -0.3 is 4.74 Å². The van der Waals surface area contributed by atoms with Gasteiger partial charge in [-0.2, -0.15) is 0 Å². The molecule has 0 N–H and O–H groups in total. The molecule has 0 aliphatic carbocycles. The molecular formula is C32H21NO. The first-order chi connectivity index (χ1) is 16.8. The van der Waals surface area contributed by atoms with Crippen LogP contribution in [-0.2, 0) is 0 Å². The van der Waals surface area contributed by atoms with Gasteiger partial charge >= 0.3 is 0 Å². The third kappa shape index (κ3) is 3.00. The van der Waals surface area contributed by atoms with Crippen LogP contribution in [-0.4, -0.2) is 5.71 Å². The Bertz CT molecular complexity index is 1510. The molecule has 0 bridgehead atoms. The summed E-state index contributed by atoms with van der Waals surface area (Å²) in [6.07, 6.45) is 0. The van der Waals surface area contributed by atoms with Gasteiger partial charge in [-0.1, -0.05) is 84.9 Å². The second-order valence-electron chi connectivity index (χ2n) is 8.79. The standard InChI is InChI=1S/C32H21NO/c1-3-10-21(11-4-1)23-18-24(22-12-5-2-6-13-22)20-25(19-23)32-30-26-14-7-8-16-28(26)34-29-17-9-15-27(33-32)31(29)30/h1-20,30H. The van der Waals surface area contributed by atoms with Crippen LogP contribution in [0.1, 0.15) is 22.6 Å². The third-order valence-corrected chi connectivity index (χ3v) is 6.74. The number of fused-ring (bicyclic) bond motifs is 2. The van der Waals surface area contributed by atoms with Gasteiger partial charge in [0.1, 0.15) is 11.5 Å². The van der Waals surface area contributed by atoms with E-state index < -0.39 is 0 Å². The molecule has 2 nitrogen and oxygen atoms in total. The number of nitrogens with zero attached hydrogens (tertiary/aromatic N) is 1. The lowest BCUT2D eigenvalue weighted by atomic mass is 9.82. The average molecular weight is 436 g/mol. The van der Waals surface area contributed by atoms with Crippen LogP contribution in [0.4, 0.5) is 5.69 Å². The van der Waals surface area contributed by atoms with Crippen LogP contribution in [0.5, 0.6) is 11.5 Å². The van der Waals surface area contributed by atoms with Crippen LogP contribution in [0.2, 0.25) is 0 Å². The molecule has 34 heavy (non-hydrogen) atoms. The summed E-state index contributed by atoms with van der Waals surface area (Å²) in [5.74, 6) is 1.88. The SMILES string of the molecule is c1ccc(-c2cc(C3=Nc4cccc5c4C3c3ccccc3O5)cc(-c3ccccc3)c2)cc1. The van der Waals surface area contributed by atoms with Crippen molar-refractivity contribution in [3.63, 3.8) is 0 Å². The Hall–Kier alpha value is -4.43. The first-order valence-corrected chi connectivity index (χ1v) is 11.6. The smallest absolute Gasteiger partial charge is 0.133 e. The monoisotopic (exact) mass is 435 g/mol. The van der Waals surface area contributed by atoms with Crippen LogP contribution in [0.15, 0.2) is 126 Å². The van der Waals surface area contributed by atoms with Crippen LogP contribution in [0.25, 0.3) is 22.3 Å². The van der Waals surface area contributed by atoms with E-state index in [1.165, 1.54) is 33.4 Å². The van der Waals surface area contributed by atoms with Gasteiger partial charge in [-0.25, -0.2) is 0 Å². The summed E-state index contributed by atoms with van der Waals surface area (Å²) in [6.45, 7) is 0. The number of aliphatic imine (C=N–C) groups is 1. The summed E-state index contributed by atoms with van der Waals surface area (Å²) in [6, 6.07) is 42.5. The molecule has 2 aliphatic rings. The molecule has 0 amide bonds. The summed E-state index contributed by atoms with van der Waals surface area (Å²) in [5, 5.41) is 0. The second kappa shape index (κ2) is 7.57. The van der Waals surface area contributed by atoms with Gasteiger partial charge in [-0.05, 0) is 64.2 Å². The van der Waals surface area contributed by atoms with Crippen molar-refractivity contribution in [2.75, 3.05) is 0 Å². The molecule has 2 heteroatoms. The first-order valence-electron chi connectivity index (χ1n) is 11.6. The lowest BCUT2D eigenvalue weighted by Gasteiger charge is -2.26. The fraction of sp³-hybridized carbons (Fsp3) is 0.0312. The average Bonchev–Trinajstić information content (AvgIpc) is 3.31. The van der Waals surface area contributed by atoms with Crippen molar-refractivity contribution in [1.82, 2.24) is 0 Å². The van der Waals surface area contributed by atoms with Gasteiger partial charge in [0.25, 0.3) is 0 Å². The van der Waals surface area contributed by atoms with Crippen molar-refractivity contribution in [3.05, 3.63) is 138 Å². The number of hydrogen-bond donors (Lipinski definition) is 0. The summed E-state index contributed by atoms with van der Waals surface area (Å²) in [7, 11) is 0. The van der Waals surface area contributed by atoms with E-state index >= 15 is 0 Å². The zero-order valence-electron chi connectivity index (χ0n) is 18.5. The summed E-state index contributed by atoms with van der Waals surface area (Å²) >= 11 is 0. The predicted molar refractivity (Wildman–Crippen MR) is 138 cm³/mol. The molecule has 0 aromatic heterocycles. The largest absolute Gasteiger partial charge is 0.457 e. The van der Waals surface area contributed by atoms with E-state index in [1.807, 2.05) is 12.1 Å². The van der Waals surface area contributed by atoms with E-state index in [-0.39, 0.29) is 5.92 Å². The van der Waals surface area contributed by atoms with E-state index in [4.69, 9.17) is 9.73 Å². The molecule has 0 saturated carbocycles. The minimum Gasteiger partial charge on any atom is -0.457 e. The van der Waals surface area contributed by atoms with Gasteiger partial charge in [0.15, 0.2) is 0 Å². The normalized spacial score (nSPS) is 15.2. The Morgan fingerprint density at radius 2 is 1.09 bits per heavy atom. The lowest BCUT2D eigenvalue weighted by molar-refractivity contribution is 0.458. The van der Waals surface area contributed by atoms with Crippen LogP contribution >= 0.6 is 0 Å². The van der Waals surface area contributed by atoms with Crippen molar-refractivity contribution in [2.45, 2.75) is 5.92 Å². The minimum absolute atomic E-state index is 0.0609. The summed E-state index contributed by atoms with van der Waals surface area (Å²) in [4.78, 5) is 5.18. The molecule has 0 saturated heterocycles. The Balaban J connectivity index is 1.46. The molecule has 0 spiro atoms. The number of hydrogen-bond acceptors (Lipinski definition) is 2. The molecule has 7 rings (SSSR count). The van der Waals surface area contributed by atoms with Crippen molar-refractivity contribution < 1.29 is 4.74 Å². The van der Waals surface area contributed by atoms with Crippen molar-refractivity contribution >= 4 is 11.4 Å². The molecule has 5 aromatic carbocycles. The fourth-order valence-corrected chi connectivity index (χ4v) is 5.17. The van der Waals surface area contributed by atoms with E-state index in [9.17, 15) is 0 Å². The van der Waals surface area contributed by atoms with Crippen LogP contribution < -0.4 is 4.74 Å². The molecule has 0 radical (unpaired) electrons. The second-order valence-corrected chi connectivity index (χ2v) is 8.79. The lowest BCUT2D eigenvalue weighted by Crippen LogP contribution is -2.16. The van der Waals surface area contributed by atoms with E-state index in [1.54, 1.807) is 0 Å². The van der Waals surface area contributed by atoms with Crippen molar-refractivity contribution in [2.24, 2.45) is 4.99 Å². The zero-order chi connectivity index (χ0) is 22.5. The van der Waals surface area contributed by atoms with Crippen LogP contribution in [0, 0.1) is 0 Å². The molecule has 160 valence electrons. The van der Waals surface area contributed by atoms with Gasteiger partial charge in [0.05, 0.1) is 17.3 Å². The van der Waals surface area contributed by atoms with E-state index in [0.29, 0.717) is 0 Å². The fourth-order valence-electron chi connectivity index (χ4n) is 5.17. The van der Waals surface area contributed by atoms with Gasteiger partial charge in [-0.3, -0.25) is 4.99 Å². The van der Waals surface area contributed by atoms with E-state index in [0.717, 1.165) is 28.5 Å². The van der Waals surface area contributed by atoms with Gasteiger partial charge in [-0.15, -0.1) is 0 Å². The zero-order valence-corrected chi connectivity index (χ0v) is 18.5. The maximum Gasteiger partial charge on any atom is 0.133 e. The number of para-hydroxylation sites is 1. The quantitative estimate of drug-likeness (QED) is 0.279. The number of benzene rings is 5. The topological polar surface area (TPSA) is 21.6 Å². The van der Waals surface area contributed by atoms with Gasteiger partial charge in [0.2, 0.25) is 0 Å². The highest BCUT2D eigenvalue weighted by Crippen LogP contribution is 2.53. The summed E-state index contributed by atoms with van der Waals surface area (Å²) in [5.41, 5.74) is 10.3. The van der Waals surface area contributed by atoms with E-state index in [2.05, 4.69) is 109 Å². The molecule has 1 unspecified atom stereocenters. The molecule has 2 heterocycles. The maximum absolute atomic E-state index is 6.27. The van der Waals surface area contributed by atoms with Crippen LogP contribution in [0.3, 0.4) is 0 Å². The van der Waals surface area contributed by atoms with Crippen molar-refractivity contribution in [3.8, 4) is 33.8 Å². The Labute approximate surface area is 198 Å². The molecule has 1 atom stereocenters. The highest BCUT2D eigenvalue weighted by Gasteiger charge is 2.37.